The van der Waals surface area contributed by atoms with Crippen molar-refractivity contribution in [1.82, 2.24) is 0 Å². The molecule has 0 fully saturated rings. The van der Waals surface area contributed by atoms with E-state index in [2.05, 4.69) is 4.74 Å². The lowest BCUT2D eigenvalue weighted by atomic mass is 10.2. The number of ether oxygens (including phenoxy) is 1. The summed E-state index contributed by atoms with van der Waals surface area (Å²) in [6.45, 7) is 0. The van der Waals surface area contributed by atoms with Crippen LogP contribution in [0.15, 0.2) is 46.2 Å². The average molecular weight is 422 g/mol. The van der Waals surface area contributed by atoms with Gasteiger partial charge in [0.2, 0.25) is 0 Å². The maximum atomic E-state index is 13.6. The lowest BCUT2D eigenvalue weighted by Gasteiger charge is -2.09. The van der Waals surface area contributed by atoms with Gasteiger partial charge in [-0.3, -0.25) is 9.11 Å². The minimum absolute atomic E-state index is 0.602. The van der Waals surface area contributed by atoms with Gasteiger partial charge in [-0.2, -0.15) is 16.8 Å². The molecule has 13 heteroatoms. The third-order valence-corrected chi connectivity index (χ3v) is 4.94. The van der Waals surface area contributed by atoms with Gasteiger partial charge in [-0.25, -0.2) is 18.4 Å². The van der Waals surface area contributed by atoms with E-state index < -0.39 is 64.7 Å². The molecule has 2 rings (SSSR count). The number of benzene rings is 2. The summed E-state index contributed by atoms with van der Waals surface area (Å²) < 4.78 is 94.5. The van der Waals surface area contributed by atoms with E-state index >= 15 is 0 Å². The molecule has 0 aliphatic carbocycles. The third kappa shape index (κ3) is 4.33. The van der Waals surface area contributed by atoms with Crippen LogP contribution in [0.1, 0.15) is 20.7 Å². The van der Waals surface area contributed by atoms with E-state index in [-0.39, 0.29) is 0 Å². The molecule has 0 saturated heterocycles. The zero-order valence-electron chi connectivity index (χ0n) is 12.8. The molecule has 0 radical (unpaired) electrons. The minimum Gasteiger partial charge on any atom is -0.386 e. The molecule has 0 atom stereocenters. The highest BCUT2D eigenvalue weighted by Gasteiger charge is 2.30. The van der Waals surface area contributed by atoms with Crippen LogP contribution in [0.5, 0.6) is 0 Å². The van der Waals surface area contributed by atoms with Crippen LogP contribution in [0.2, 0.25) is 0 Å². The van der Waals surface area contributed by atoms with Crippen molar-refractivity contribution in [2.75, 3.05) is 0 Å². The molecule has 0 heterocycles. The van der Waals surface area contributed by atoms with E-state index in [0.717, 1.165) is 12.1 Å². The Morgan fingerprint density at radius 2 is 1.07 bits per heavy atom. The number of hydrogen-bond acceptors (Lipinski definition) is 7. The molecule has 0 spiro atoms. The van der Waals surface area contributed by atoms with Gasteiger partial charge >= 0.3 is 11.9 Å². The van der Waals surface area contributed by atoms with E-state index in [4.69, 9.17) is 9.11 Å². The summed E-state index contributed by atoms with van der Waals surface area (Å²) in [4.78, 5) is 21.1. The van der Waals surface area contributed by atoms with E-state index in [1.54, 1.807) is 0 Å². The first-order valence-corrected chi connectivity index (χ1v) is 9.50. The predicted molar refractivity (Wildman–Crippen MR) is 82.2 cm³/mol. The number of carbonyl (C=O) groups is 2. The molecule has 0 saturated carbocycles. The van der Waals surface area contributed by atoms with Crippen molar-refractivity contribution in [3.8, 4) is 0 Å². The SMILES string of the molecule is O=C(OC(=O)c1cccc(F)c1S(=O)(=O)O)c1cccc(F)c1S(=O)(=O)O. The maximum absolute atomic E-state index is 13.6. The molecule has 0 bridgehead atoms. The fourth-order valence-electron chi connectivity index (χ4n) is 2.06. The van der Waals surface area contributed by atoms with Crippen LogP contribution >= 0.6 is 0 Å². The summed E-state index contributed by atoms with van der Waals surface area (Å²) in [7, 11) is -10.5. The second-order valence-electron chi connectivity index (χ2n) is 4.86. The van der Waals surface area contributed by atoms with Crippen LogP contribution < -0.4 is 0 Å². The maximum Gasteiger partial charge on any atom is 0.347 e. The largest absolute Gasteiger partial charge is 0.386 e. The van der Waals surface area contributed by atoms with E-state index in [1.165, 1.54) is 0 Å². The van der Waals surface area contributed by atoms with Gasteiger partial charge in [0, 0.05) is 0 Å². The second-order valence-corrected chi connectivity index (χ2v) is 7.58. The van der Waals surface area contributed by atoms with Gasteiger partial charge in [0.1, 0.15) is 21.4 Å². The molecule has 2 aromatic carbocycles. The average Bonchev–Trinajstić information content (AvgIpc) is 2.51. The highest BCUT2D eigenvalue weighted by Crippen LogP contribution is 2.23. The summed E-state index contributed by atoms with van der Waals surface area (Å²) in [5.74, 6) is -6.61. The van der Waals surface area contributed by atoms with Crippen molar-refractivity contribution in [2.45, 2.75) is 9.79 Å². The topological polar surface area (TPSA) is 152 Å². The summed E-state index contributed by atoms with van der Waals surface area (Å²) in [5.41, 5.74) is -2.15. The first kappa shape index (κ1) is 20.6. The quantitative estimate of drug-likeness (QED) is 0.423. The van der Waals surface area contributed by atoms with Gasteiger partial charge in [-0.1, -0.05) is 12.1 Å². The van der Waals surface area contributed by atoms with E-state index in [9.17, 15) is 35.2 Å². The molecule has 27 heavy (non-hydrogen) atoms. The number of carbonyl (C=O) groups excluding carboxylic acids is 2. The lowest BCUT2D eigenvalue weighted by molar-refractivity contribution is 0.0390. The van der Waals surface area contributed by atoms with Gasteiger partial charge in [-0.15, -0.1) is 0 Å². The number of rotatable bonds is 4. The first-order chi connectivity index (χ1) is 12.3. The Morgan fingerprint density at radius 3 is 1.37 bits per heavy atom. The third-order valence-electron chi connectivity index (χ3n) is 3.08. The molecule has 9 nitrogen and oxygen atoms in total. The Balaban J connectivity index is 2.50. The Kier molecular flexibility index (Phi) is 5.42. The zero-order chi connectivity index (χ0) is 20.6. The standard InChI is InChI=1S/C14H8F2O9S2/c15-9-5-1-3-7(11(9)26(19,20)21)13(17)25-14(18)8-4-2-6-10(16)12(8)27(22,23)24/h1-6H,(H,19,20,21)(H,22,23,24). The highest BCUT2D eigenvalue weighted by molar-refractivity contribution is 7.86. The van der Waals surface area contributed by atoms with Crippen molar-refractivity contribution in [2.24, 2.45) is 0 Å². The van der Waals surface area contributed by atoms with Crippen molar-refractivity contribution in [3.05, 3.63) is 59.2 Å². The van der Waals surface area contributed by atoms with Crippen LogP contribution in [0.4, 0.5) is 8.78 Å². The van der Waals surface area contributed by atoms with Crippen molar-refractivity contribution in [1.29, 1.82) is 0 Å². The summed E-state index contributed by atoms with van der Waals surface area (Å²) in [6.07, 6.45) is 0. The fraction of sp³-hybridized carbons (Fsp3) is 0. The fourth-order valence-corrected chi connectivity index (χ4v) is 3.55. The molecule has 0 amide bonds. The molecule has 2 N–H and O–H groups in total. The highest BCUT2D eigenvalue weighted by atomic mass is 32.2. The van der Waals surface area contributed by atoms with E-state index in [0.29, 0.717) is 24.3 Å². The monoisotopic (exact) mass is 422 g/mol. The van der Waals surface area contributed by atoms with Crippen LogP contribution in [-0.2, 0) is 25.0 Å². The molecular weight excluding hydrogens is 414 g/mol. The van der Waals surface area contributed by atoms with Gasteiger partial charge in [0.05, 0.1) is 11.1 Å². The normalized spacial score (nSPS) is 11.9. The van der Waals surface area contributed by atoms with Crippen LogP contribution in [0.25, 0.3) is 0 Å². The zero-order valence-corrected chi connectivity index (χ0v) is 14.4. The van der Waals surface area contributed by atoms with Gasteiger partial charge in [0.25, 0.3) is 20.2 Å². The van der Waals surface area contributed by atoms with Crippen molar-refractivity contribution in [3.63, 3.8) is 0 Å². The number of esters is 2. The van der Waals surface area contributed by atoms with E-state index in [1.807, 2.05) is 0 Å². The molecule has 0 unspecified atom stereocenters. The van der Waals surface area contributed by atoms with Gasteiger partial charge in [-0.05, 0) is 24.3 Å². The Bertz CT molecular complexity index is 1060. The van der Waals surface area contributed by atoms with Gasteiger partial charge < -0.3 is 4.74 Å². The van der Waals surface area contributed by atoms with Crippen molar-refractivity contribution < 1.29 is 49.0 Å². The second kappa shape index (κ2) is 7.11. The summed E-state index contributed by atoms with van der Waals surface area (Å²) in [5, 5.41) is 0. The smallest absolute Gasteiger partial charge is 0.347 e. The predicted octanol–water partition coefficient (Wildman–Crippen LogP) is 1.46. The first-order valence-electron chi connectivity index (χ1n) is 6.62. The molecule has 0 aromatic heterocycles. The molecule has 2 aromatic rings. The van der Waals surface area contributed by atoms with Crippen molar-refractivity contribution >= 4 is 32.2 Å². The van der Waals surface area contributed by atoms with Crippen LogP contribution in [0.3, 0.4) is 0 Å². The Labute approximate surface area is 150 Å². The summed E-state index contributed by atoms with van der Waals surface area (Å²) >= 11 is 0. The van der Waals surface area contributed by atoms with Crippen LogP contribution in [-0.4, -0.2) is 37.9 Å². The number of halogens is 2. The Hall–Kier alpha value is -2.74. The Morgan fingerprint density at radius 1 is 0.741 bits per heavy atom. The molecule has 0 aliphatic rings. The molecular formula is C14H8F2O9S2. The van der Waals surface area contributed by atoms with Crippen LogP contribution in [0, 0.1) is 11.6 Å². The van der Waals surface area contributed by atoms with Gasteiger partial charge in [0.15, 0.2) is 0 Å². The summed E-state index contributed by atoms with van der Waals surface area (Å²) in [6, 6.07) is 4.36. The lowest BCUT2D eigenvalue weighted by Crippen LogP contribution is -2.19. The minimum atomic E-state index is -5.23. The molecule has 144 valence electrons. The number of hydrogen-bond donors (Lipinski definition) is 2. The molecule has 0 aliphatic heterocycles.